The molecule has 2 rings (SSSR count). The number of rotatable bonds is 3. The number of amides is 1. The Morgan fingerprint density at radius 3 is 3.06 bits per heavy atom. The lowest BCUT2D eigenvalue weighted by Crippen LogP contribution is -2.48. The van der Waals surface area contributed by atoms with Crippen LogP contribution in [0.25, 0.3) is 0 Å². The highest BCUT2D eigenvalue weighted by atomic mass is 35.5. The molecule has 1 N–H and O–H groups in total. The van der Waals surface area contributed by atoms with E-state index in [1.165, 1.54) is 0 Å². The topological polar surface area (TPSA) is 49.8 Å². The van der Waals surface area contributed by atoms with Gasteiger partial charge < -0.3 is 14.7 Å². The first-order chi connectivity index (χ1) is 8.65. The first-order valence-electron chi connectivity index (χ1n) is 5.94. The molecule has 1 fully saturated rings. The molecule has 0 bridgehead atoms. The molecule has 5 heteroatoms. The molecule has 98 valence electrons. The van der Waals surface area contributed by atoms with Gasteiger partial charge in [0.05, 0.1) is 6.61 Å². The molecular weight excluding hydrogens is 254 g/mol. The smallest absolute Gasteiger partial charge is 0.256 e. The molecule has 0 spiro atoms. The molecule has 1 amide bonds. The van der Waals surface area contributed by atoms with Gasteiger partial charge in [-0.1, -0.05) is 17.7 Å². The molecule has 1 atom stereocenters. The molecular formula is C13H16ClNO3. The van der Waals surface area contributed by atoms with Gasteiger partial charge in [-0.2, -0.15) is 0 Å². The molecule has 0 aromatic heterocycles. The molecule has 0 aliphatic carbocycles. The third-order valence-corrected chi connectivity index (χ3v) is 3.51. The van der Waals surface area contributed by atoms with Crippen LogP contribution in [0.3, 0.4) is 0 Å². The summed E-state index contributed by atoms with van der Waals surface area (Å²) in [6.07, 6.45) is -0.225. The highest BCUT2D eigenvalue weighted by molar-refractivity contribution is 6.31. The first-order valence-corrected chi connectivity index (χ1v) is 6.32. The van der Waals surface area contributed by atoms with Crippen molar-refractivity contribution in [3.05, 3.63) is 28.8 Å². The number of aliphatic hydroxyl groups is 1. The minimum Gasteiger partial charge on any atom is -0.396 e. The Morgan fingerprint density at radius 1 is 1.56 bits per heavy atom. The lowest BCUT2D eigenvalue weighted by Gasteiger charge is -2.33. The number of carbonyl (C=O) groups excluding carboxylic acids is 1. The summed E-state index contributed by atoms with van der Waals surface area (Å²) >= 11 is 6.07. The normalized spacial score (nSPS) is 20.3. The fourth-order valence-corrected chi connectivity index (χ4v) is 2.26. The van der Waals surface area contributed by atoms with Crippen molar-refractivity contribution in [2.45, 2.75) is 19.4 Å². The molecule has 1 aromatic carbocycles. The van der Waals surface area contributed by atoms with Crippen LogP contribution in [-0.4, -0.2) is 36.9 Å². The molecule has 1 aliphatic heterocycles. The number of hydrogen-bond donors (Lipinski definition) is 1. The number of benzene rings is 1. The maximum absolute atomic E-state index is 12.2. The second kappa shape index (κ2) is 5.69. The summed E-state index contributed by atoms with van der Waals surface area (Å²) in [5.41, 5.74) is 1.70. The summed E-state index contributed by atoms with van der Waals surface area (Å²) in [6.45, 7) is 2.82. The summed E-state index contributed by atoms with van der Waals surface area (Å²) < 4.78 is 5.37. The van der Waals surface area contributed by atoms with Crippen molar-refractivity contribution in [2.24, 2.45) is 0 Å². The number of anilines is 1. The van der Waals surface area contributed by atoms with Gasteiger partial charge in [0, 0.05) is 30.3 Å². The van der Waals surface area contributed by atoms with E-state index in [0.717, 1.165) is 11.3 Å². The molecule has 18 heavy (non-hydrogen) atoms. The number of morpholine rings is 1. The third-order valence-electron chi connectivity index (χ3n) is 3.10. The van der Waals surface area contributed by atoms with Gasteiger partial charge in [-0.3, -0.25) is 4.79 Å². The molecule has 1 aliphatic rings. The van der Waals surface area contributed by atoms with Crippen molar-refractivity contribution in [3.63, 3.8) is 0 Å². The summed E-state index contributed by atoms with van der Waals surface area (Å²) in [5, 5.41) is 9.56. The molecule has 1 heterocycles. The van der Waals surface area contributed by atoms with Crippen molar-refractivity contribution in [3.8, 4) is 0 Å². The Labute approximate surface area is 111 Å². The molecule has 1 saturated heterocycles. The molecule has 1 aromatic rings. The quantitative estimate of drug-likeness (QED) is 0.910. The zero-order chi connectivity index (χ0) is 13.1. The van der Waals surface area contributed by atoms with Crippen molar-refractivity contribution < 1.29 is 14.6 Å². The average molecular weight is 270 g/mol. The van der Waals surface area contributed by atoms with Crippen molar-refractivity contribution in [1.29, 1.82) is 0 Å². The van der Waals surface area contributed by atoms with Gasteiger partial charge in [0.1, 0.15) is 6.10 Å². The largest absolute Gasteiger partial charge is 0.396 e. The van der Waals surface area contributed by atoms with E-state index in [0.29, 0.717) is 24.6 Å². The van der Waals surface area contributed by atoms with Crippen LogP contribution in [-0.2, 0) is 9.53 Å². The van der Waals surface area contributed by atoms with Crippen LogP contribution in [0.2, 0.25) is 5.02 Å². The van der Waals surface area contributed by atoms with E-state index < -0.39 is 6.10 Å². The standard InChI is InChI=1S/C13H16ClNO3/c1-9-10(14)3-2-4-11(9)15-6-8-18-12(5-7-16)13(15)17/h2-4,12,16H,5-8H2,1H3. The van der Waals surface area contributed by atoms with E-state index in [4.69, 9.17) is 21.4 Å². The van der Waals surface area contributed by atoms with Crippen LogP contribution in [0.5, 0.6) is 0 Å². The van der Waals surface area contributed by atoms with Crippen molar-refractivity contribution >= 4 is 23.2 Å². The zero-order valence-electron chi connectivity index (χ0n) is 10.2. The van der Waals surface area contributed by atoms with Gasteiger partial charge in [-0.05, 0) is 24.6 Å². The van der Waals surface area contributed by atoms with Gasteiger partial charge in [-0.15, -0.1) is 0 Å². The van der Waals surface area contributed by atoms with E-state index in [1.54, 1.807) is 11.0 Å². The maximum Gasteiger partial charge on any atom is 0.256 e. The van der Waals surface area contributed by atoms with E-state index in [-0.39, 0.29) is 12.5 Å². The highest BCUT2D eigenvalue weighted by Crippen LogP contribution is 2.28. The minimum absolute atomic E-state index is 0.0568. The Hall–Kier alpha value is -1.10. The highest BCUT2D eigenvalue weighted by Gasteiger charge is 2.30. The second-order valence-corrected chi connectivity index (χ2v) is 4.65. The predicted octanol–water partition coefficient (Wildman–Crippen LogP) is 1.76. The summed E-state index contributed by atoms with van der Waals surface area (Å²) in [4.78, 5) is 13.9. The predicted molar refractivity (Wildman–Crippen MR) is 70.0 cm³/mol. The van der Waals surface area contributed by atoms with E-state index in [2.05, 4.69) is 0 Å². The average Bonchev–Trinajstić information content (AvgIpc) is 2.36. The number of ether oxygens (including phenoxy) is 1. The van der Waals surface area contributed by atoms with Crippen molar-refractivity contribution in [1.82, 2.24) is 0 Å². The Balaban J connectivity index is 2.27. The van der Waals surface area contributed by atoms with E-state index >= 15 is 0 Å². The SMILES string of the molecule is Cc1c(Cl)cccc1N1CCOC(CCO)C1=O. The number of hydrogen-bond acceptors (Lipinski definition) is 3. The van der Waals surface area contributed by atoms with Crippen LogP contribution < -0.4 is 4.90 Å². The fourth-order valence-electron chi connectivity index (χ4n) is 2.09. The Kier molecular flexibility index (Phi) is 4.22. The third kappa shape index (κ3) is 2.51. The fraction of sp³-hybridized carbons (Fsp3) is 0.462. The van der Waals surface area contributed by atoms with Crippen LogP contribution in [0.15, 0.2) is 18.2 Å². The zero-order valence-corrected chi connectivity index (χ0v) is 11.0. The summed E-state index contributed by atoms with van der Waals surface area (Å²) in [5.74, 6) is -0.110. The van der Waals surface area contributed by atoms with Gasteiger partial charge in [-0.25, -0.2) is 0 Å². The lowest BCUT2D eigenvalue weighted by molar-refractivity contribution is -0.134. The maximum atomic E-state index is 12.2. The van der Waals surface area contributed by atoms with Crippen LogP contribution in [0, 0.1) is 6.92 Å². The monoisotopic (exact) mass is 269 g/mol. The summed E-state index contributed by atoms with van der Waals surface area (Å²) in [6, 6.07) is 5.51. The summed E-state index contributed by atoms with van der Waals surface area (Å²) in [7, 11) is 0. The molecule has 0 radical (unpaired) electrons. The van der Waals surface area contributed by atoms with E-state index in [9.17, 15) is 4.79 Å². The van der Waals surface area contributed by atoms with Crippen LogP contribution in [0.4, 0.5) is 5.69 Å². The second-order valence-electron chi connectivity index (χ2n) is 4.25. The molecule has 4 nitrogen and oxygen atoms in total. The first kappa shape index (κ1) is 13.3. The van der Waals surface area contributed by atoms with Gasteiger partial charge >= 0.3 is 0 Å². The molecule has 1 unspecified atom stereocenters. The number of aliphatic hydroxyl groups excluding tert-OH is 1. The van der Waals surface area contributed by atoms with Crippen molar-refractivity contribution in [2.75, 3.05) is 24.7 Å². The number of halogens is 1. The number of nitrogens with zero attached hydrogens (tertiary/aromatic N) is 1. The van der Waals surface area contributed by atoms with Gasteiger partial charge in [0.2, 0.25) is 0 Å². The Morgan fingerprint density at radius 2 is 2.33 bits per heavy atom. The number of carbonyl (C=O) groups is 1. The molecule has 0 saturated carbocycles. The van der Waals surface area contributed by atoms with Crippen LogP contribution >= 0.6 is 11.6 Å². The minimum atomic E-state index is -0.554. The van der Waals surface area contributed by atoms with Crippen LogP contribution in [0.1, 0.15) is 12.0 Å². The van der Waals surface area contributed by atoms with Gasteiger partial charge in [0.15, 0.2) is 0 Å². The van der Waals surface area contributed by atoms with E-state index in [1.807, 2.05) is 19.1 Å². The van der Waals surface area contributed by atoms with Gasteiger partial charge in [0.25, 0.3) is 5.91 Å². The lowest BCUT2D eigenvalue weighted by atomic mass is 10.1. The Bertz CT molecular complexity index is 448.